The standard InChI is InChI=1S/C8H21NSi/c9-7-5-3-1-2-4-6-8-10/h1-9H2,10H3. The van der Waals surface area contributed by atoms with Crippen molar-refractivity contribution in [1.82, 2.24) is 0 Å². The third-order valence-corrected chi connectivity index (χ3v) is 2.51. The molecule has 0 saturated heterocycles. The van der Waals surface area contributed by atoms with Crippen molar-refractivity contribution in [2.24, 2.45) is 5.73 Å². The van der Waals surface area contributed by atoms with Crippen LogP contribution in [-0.2, 0) is 0 Å². The first-order valence-corrected chi connectivity index (χ1v) is 6.03. The maximum Gasteiger partial charge on any atom is 0.00279 e. The molecule has 0 aliphatic rings. The van der Waals surface area contributed by atoms with Crippen molar-refractivity contribution in [2.45, 2.75) is 44.6 Å². The molecule has 1 nitrogen and oxygen atoms in total. The van der Waals surface area contributed by atoms with Crippen molar-refractivity contribution >= 4 is 10.2 Å². The molecule has 0 aliphatic carbocycles. The summed E-state index contributed by atoms with van der Waals surface area (Å²) >= 11 is 0. The minimum absolute atomic E-state index is 0.876. The molecule has 0 aromatic heterocycles. The van der Waals surface area contributed by atoms with E-state index >= 15 is 0 Å². The SMILES string of the molecule is NCCCCCCCC[SiH3]. The van der Waals surface area contributed by atoms with Gasteiger partial charge in [0.05, 0.1) is 0 Å². The van der Waals surface area contributed by atoms with Gasteiger partial charge in [-0.2, -0.15) is 0 Å². The molecule has 0 radical (unpaired) electrons. The van der Waals surface area contributed by atoms with E-state index in [1.165, 1.54) is 54.8 Å². The molecule has 0 aromatic carbocycles. The first-order valence-electron chi connectivity index (χ1n) is 4.62. The van der Waals surface area contributed by atoms with Gasteiger partial charge < -0.3 is 5.73 Å². The zero-order valence-electron chi connectivity index (χ0n) is 7.23. The van der Waals surface area contributed by atoms with Crippen LogP contribution in [-0.4, -0.2) is 16.8 Å². The molecular weight excluding hydrogens is 138 g/mol. The lowest BCUT2D eigenvalue weighted by Crippen LogP contribution is -1.97. The van der Waals surface area contributed by atoms with Crippen molar-refractivity contribution in [2.75, 3.05) is 6.54 Å². The van der Waals surface area contributed by atoms with E-state index in [-0.39, 0.29) is 0 Å². The molecule has 0 rings (SSSR count). The van der Waals surface area contributed by atoms with Gasteiger partial charge in [-0.25, -0.2) is 0 Å². The summed E-state index contributed by atoms with van der Waals surface area (Å²) in [4.78, 5) is 0. The number of unbranched alkanes of at least 4 members (excludes halogenated alkanes) is 5. The highest BCUT2D eigenvalue weighted by molar-refractivity contribution is 6.08. The van der Waals surface area contributed by atoms with Crippen molar-refractivity contribution in [3.8, 4) is 0 Å². The quantitative estimate of drug-likeness (QED) is 0.436. The minimum Gasteiger partial charge on any atom is -0.330 e. The fourth-order valence-corrected chi connectivity index (χ4v) is 1.60. The Balaban J connectivity index is 2.65. The second-order valence-electron chi connectivity index (χ2n) is 2.91. The second-order valence-corrected chi connectivity index (χ2v) is 3.91. The molecule has 0 amide bonds. The summed E-state index contributed by atoms with van der Waals surface area (Å²) in [6, 6.07) is 1.48. The van der Waals surface area contributed by atoms with Crippen LogP contribution < -0.4 is 5.73 Å². The van der Waals surface area contributed by atoms with Crippen molar-refractivity contribution < 1.29 is 0 Å². The van der Waals surface area contributed by atoms with Crippen LogP contribution in [0.5, 0.6) is 0 Å². The van der Waals surface area contributed by atoms with E-state index in [9.17, 15) is 0 Å². The molecule has 0 saturated carbocycles. The highest BCUT2D eigenvalue weighted by atomic mass is 28.1. The summed E-state index contributed by atoms with van der Waals surface area (Å²) < 4.78 is 0. The number of nitrogens with two attached hydrogens (primary N) is 1. The summed E-state index contributed by atoms with van der Waals surface area (Å²) in [7, 11) is 1.39. The number of hydrogen-bond donors (Lipinski definition) is 1. The Kier molecular flexibility index (Phi) is 9.34. The Bertz CT molecular complexity index is 49.2. The van der Waals surface area contributed by atoms with Crippen LogP contribution in [0.4, 0.5) is 0 Å². The third-order valence-electron chi connectivity index (χ3n) is 1.81. The maximum absolute atomic E-state index is 5.37. The van der Waals surface area contributed by atoms with E-state index in [4.69, 9.17) is 5.73 Å². The van der Waals surface area contributed by atoms with Gasteiger partial charge in [0.15, 0.2) is 0 Å². The fourth-order valence-electron chi connectivity index (χ4n) is 1.10. The van der Waals surface area contributed by atoms with Crippen molar-refractivity contribution in [3.63, 3.8) is 0 Å². The van der Waals surface area contributed by atoms with Crippen LogP contribution in [0.1, 0.15) is 38.5 Å². The van der Waals surface area contributed by atoms with Crippen LogP contribution in [0.3, 0.4) is 0 Å². The molecule has 0 bridgehead atoms. The predicted octanol–water partition coefficient (Wildman–Crippen LogP) is 1.07. The molecule has 0 unspecified atom stereocenters. The van der Waals surface area contributed by atoms with E-state index in [1.54, 1.807) is 0 Å². The summed E-state index contributed by atoms with van der Waals surface area (Å²) in [5.41, 5.74) is 5.37. The van der Waals surface area contributed by atoms with Crippen LogP contribution in [0, 0.1) is 0 Å². The Hall–Kier alpha value is 0.177. The van der Waals surface area contributed by atoms with Crippen molar-refractivity contribution in [3.05, 3.63) is 0 Å². The minimum atomic E-state index is 0.876. The maximum atomic E-state index is 5.37. The zero-order chi connectivity index (χ0) is 7.66. The van der Waals surface area contributed by atoms with Gasteiger partial charge in [-0.1, -0.05) is 38.1 Å². The van der Waals surface area contributed by atoms with Crippen LogP contribution >= 0.6 is 0 Å². The molecule has 0 aromatic rings. The molecule has 2 N–H and O–H groups in total. The van der Waals surface area contributed by atoms with Gasteiger partial charge >= 0.3 is 0 Å². The summed E-state index contributed by atoms with van der Waals surface area (Å²) in [6.45, 7) is 0.876. The Labute approximate surface area is 67.8 Å². The summed E-state index contributed by atoms with van der Waals surface area (Å²) in [5.74, 6) is 0. The van der Waals surface area contributed by atoms with E-state index in [1.807, 2.05) is 0 Å². The van der Waals surface area contributed by atoms with Crippen molar-refractivity contribution in [1.29, 1.82) is 0 Å². The molecule has 0 heterocycles. The number of hydrogen-bond acceptors (Lipinski definition) is 1. The lowest BCUT2D eigenvalue weighted by Gasteiger charge is -1.97. The van der Waals surface area contributed by atoms with Gasteiger partial charge in [0.2, 0.25) is 0 Å². The summed E-state index contributed by atoms with van der Waals surface area (Å²) in [6.07, 6.45) is 8.32. The van der Waals surface area contributed by atoms with Crippen LogP contribution in [0.15, 0.2) is 0 Å². The predicted molar refractivity (Wildman–Crippen MR) is 51.5 cm³/mol. The normalized spacial score (nSPS) is 10.5. The van der Waals surface area contributed by atoms with Crippen LogP contribution in [0.25, 0.3) is 0 Å². The van der Waals surface area contributed by atoms with E-state index in [0.717, 1.165) is 6.54 Å². The van der Waals surface area contributed by atoms with Gasteiger partial charge in [-0.3, -0.25) is 0 Å². The first kappa shape index (κ1) is 10.2. The average molecular weight is 159 g/mol. The number of rotatable bonds is 7. The third kappa shape index (κ3) is 8.18. The largest absolute Gasteiger partial charge is 0.330 e. The molecule has 0 atom stereocenters. The van der Waals surface area contributed by atoms with Gasteiger partial charge in [-0.15, -0.1) is 0 Å². The Morgan fingerprint density at radius 3 is 1.80 bits per heavy atom. The lowest BCUT2D eigenvalue weighted by molar-refractivity contribution is 0.612. The van der Waals surface area contributed by atoms with E-state index in [2.05, 4.69) is 0 Å². The van der Waals surface area contributed by atoms with Crippen LogP contribution in [0.2, 0.25) is 6.04 Å². The Morgan fingerprint density at radius 2 is 1.30 bits per heavy atom. The van der Waals surface area contributed by atoms with Gasteiger partial charge in [-0.05, 0) is 13.0 Å². The molecule has 10 heavy (non-hydrogen) atoms. The highest BCUT2D eigenvalue weighted by Crippen LogP contribution is 2.05. The molecule has 0 aliphatic heterocycles. The van der Waals surface area contributed by atoms with Gasteiger partial charge in [0, 0.05) is 10.2 Å². The highest BCUT2D eigenvalue weighted by Gasteiger charge is 1.87. The summed E-state index contributed by atoms with van der Waals surface area (Å²) in [5, 5.41) is 0. The smallest absolute Gasteiger partial charge is 0.00279 e. The lowest BCUT2D eigenvalue weighted by atomic mass is 10.1. The van der Waals surface area contributed by atoms with Gasteiger partial charge in [0.1, 0.15) is 0 Å². The topological polar surface area (TPSA) is 26.0 Å². The average Bonchev–Trinajstić information content (AvgIpc) is 1.97. The van der Waals surface area contributed by atoms with Gasteiger partial charge in [0.25, 0.3) is 0 Å². The molecule has 2 heteroatoms. The first-order chi connectivity index (χ1) is 4.91. The zero-order valence-corrected chi connectivity index (χ0v) is 9.23. The van der Waals surface area contributed by atoms with E-state index < -0.39 is 0 Å². The molecule has 0 fully saturated rings. The molecular formula is C8H21NSi. The van der Waals surface area contributed by atoms with E-state index in [0.29, 0.717) is 0 Å². The second kappa shape index (κ2) is 9.18. The fraction of sp³-hybridized carbons (Fsp3) is 1.00. The molecule has 62 valence electrons. The molecule has 0 spiro atoms. The monoisotopic (exact) mass is 159 g/mol. The Morgan fingerprint density at radius 1 is 0.800 bits per heavy atom.